The number of hydrogen-bond donors (Lipinski definition) is 0. The Morgan fingerprint density at radius 2 is 1.88 bits per heavy atom. The third kappa shape index (κ3) is 5.25. The number of aryl methyl sites for hydroxylation is 1. The Bertz CT molecular complexity index is 1010. The SMILES string of the molecule is CCc1nc(-c2ccc(OCCC(C)CCN3CCN(c4ccncc4)C3=O)cc2)no1. The van der Waals surface area contributed by atoms with E-state index >= 15 is 0 Å². The van der Waals surface area contributed by atoms with Crippen molar-refractivity contribution in [3.05, 3.63) is 54.7 Å². The number of carbonyl (C=O) groups excluding carboxylic acids is 1. The standard InChI is InChI=1S/C24H29N5O3/c1-3-22-26-23(27-32-22)19-4-6-21(7-5-19)31-17-11-18(2)10-14-28-15-16-29(24(28)30)20-8-12-25-13-9-20/h4-9,12-13,18H,3,10-11,14-17H2,1-2H3. The molecule has 0 radical (unpaired) electrons. The maximum absolute atomic E-state index is 12.7. The van der Waals surface area contributed by atoms with Crippen molar-refractivity contribution in [1.29, 1.82) is 0 Å². The van der Waals surface area contributed by atoms with Crippen molar-refractivity contribution in [3.63, 3.8) is 0 Å². The molecule has 0 spiro atoms. The smallest absolute Gasteiger partial charge is 0.324 e. The first-order valence-electron chi connectivity index (χ1n) is 11.2. The fourth-order valence-corrected chi connectivity index (χ4v) is 3.67. The highest BCUT2D eigenvalue weighted by atomic mass is 16.5. The van der Waals surface area contributed by atoms with E-state index in [0.717, 1.165) is 55.9 Å². The second kappa shape index (κ2) is 10.3. The van der Waals surface area contributed by atoms with Crippen molar-refractivity contribution < 1.29 is 14.1 Å². The van der Waals surface area contributed by atoms with Gasteiger partial charge in [-0.1, -0.05) is 19.0 Å². The summed E-state index contributed by atoms with van der Waals surface area (Å²) in [4.78, 5) is 24.8. The van der Waals surface area contributed by atoms with Crippen molar-refractivity contribution in [2.24, 2.45) is 5.92 Å². The molecule has 3 heterocycles. The molecule has 168 valence electrons. The molecule has 8 heteroatoms. The highest BCUT2D eigenvalue weighted by Gasteiger charge is 2.29. The van der Waals surface area contributed by atoms with E-state index in [1.54, 1.807) is 12.4 Å². The topological polar surface area (TPSA) is 84.6 Å². The Balaban J connectivity index is 1.18. The molecular weight excluding hydrogens is 406 g/mol. The van der Waals surface area contributed by atoms with Gasteiger partial charge < -0.3 is 14.2 Å². The molecule has 4 rings (SSSR count). The average Bonchev–Trinajstić information content (AvgIpc) is 3.45. The van der Waals surface area contributed by atoms with Crippen LogP contribution >= 0.6 is 0 Å². The highest BCUT2D eigenvalue weighted by Crippen LogP contribution is 2.22. The summed E-state index contributed by atoms with van der Waals surface area (Å²) in [6.45, 7) is 7.07. The quantitative estimate of drug-likeness (QED) is 0.468. The van der Waals surface area contributed by atoms with Crippen LogP contribution in [-0.4, -0.2) is 52.3 Å². The molecule has 32 heavy (non-hydrogen) atoms. The number of aromatic nitrogens is 3. The van der Waals surface area contributed by atoms with E-state index in [2.05, 4.69) is 22.0 Å². The minimum atomic E-state index is 0.0763. The summed E-state index contributed by atoms with van der Waals surface area (Å²) >= 11 is 0. The van der Waals surface area contributed by atoms with E-state index in [1.807, 2.05) is 53.1 Å². The van der Waals surface area contributed by atoms with Crippen LogP contribution < -0.4 is 9.64 Å². The minimum absolute atomic E-state index is 0.0763. The third-order valence-corrected chi connectivity index (χ3v) is 5.72. The molecular formula is C24H29N5O3. The minimum Gasteiger partial charge on any atom is -0.494 e. The van der Waals surface area contributed by atoms with E-state index in [-0.39, 0.29) is 6.03 Å². The first kappa shape index (κ1) is 21.8. The van der Waals surface area contributed by atoms with Crippen LogP contribution in [0.5, 0.6) is 5.75 Å². The van der Waals surface area contributed by atoms with Crippen molar-refractivity contribution in [3.8, 4) is 17.1 Å². The first-order valence-corrected chi connectivity index (χ1v) is 11.2. The van der Waals surface area contributed by atoms with Gasteiger partial charge in [0.05, 0.1) is 6.61 Å². The predicted octanol–water partition coefficient (Wildman–Crippen LogP) is 4.43. The Labute approximate surface area is 188 Å². The van der Waals surface area contributed by atoms with E-state index < -0.39 is 0 Å². The van der Waals surface area contributed by atoms with Crippen LogP contribution in [0.1, 0.15) is 32.6 Å². The van der Waals surface area contributed by atoms with Crippen molar-refractivity contribution in [2.75, 3.05) is 31.1 Å². The van der Waals surface area contributed by atoms with Crippen LogP contribution in [0.3, 0.4) is 0 Å². The number of hydrogen-bond acceptors (Lipinski definition) is 6. The number of amides is 2. The number of urea groups is 1. The van der Waals surface area contributed by atoms with Gasteiger partial charge in [-0.25, -0.2) is 4.79 Å². The maximum Gasteiger partial charge on any atom is 0.324 e. The molecule has 3 aromatic rings. The summed E-state index contributed by atoms with van der Waals surface area (Å²) in [7, 11) is 0. The lowest BCUT2D eigenvalue weighted by Crippen LogP contribution is -2.33. The Hall–Kier alpha value is -3.42. The lowest BCUT2D eigenvalue weighted by Gasteiger charge is -2.20. The predicted molar refractivity (Wildman–Crippen MR) is 122 cm³/mol. The van der Waals surface area contributed by atoms with Crippen molar-refractivity contribution in [2.45, 2.75) is 33.1 Å². The number of rotatable bonds is 10. The lowest BCUT2D eigenvalue weighted by atomic mass is 10.0. The summed E-state index contributed by atoms with van der Waals surface area (Å²) in [6.07, 6.45) is 6.04. The third-order valence-electron chi connectivity index (χ3n) is 5.72. The molecule has 1 aliphatic rings. The number of anilines is 1. The number of benzene rings is 1. The second-order valence-electron chi connectivity index (χ2n) is 8.05. The van der Waals surface area contributed by atoms with Gasteiger partial charge in [-0.3, -0.25) is 9.88 Å². The molecule has 1 aromatic carbocycles. The van der Waals surface area contributed by atoms with Crippen LogP contribution in [0, 0.1) is 5.92 Å². The molecule has 1 fully saturated rings. The molecule has 2 amide bonds. The van der Waals surface area contributed by atoms with Crippen LogP contribution in [0.25, 0.3) is 11.4 Å². The van der Waals surface area contributed by atoms with Crippen molar-refractivity contribution >= 4 is 11.7 Å². The number of nitrogens with zero attached hydrogens (tertiary/aromatic N) is 5. The van der Waals surface area contributed by atoms with Gasteiger partial charge in [0.25, 0.3) is 0 Å². The van der Waals surface area contributed by atoms with Crippen LogP contribution in [0.15, 0.2) is 53.3 Å². The molecule has 0 saturated carbocycles. The summed E-state index contributed by atoms with van der Waals surface area (Å²) in [5.41, 5.74) is 1.82. The van der Waals surface area contributed by atoms with Gasteiger partial charge in [0.2, 0.25) is 11.7 Å². The zero-order chi connectivity index (χ0) is 22.3. The van der Waals surface area contributed by atoms with Gasteiger partial charge >= 0.3 is 6.03 Å². The van der Waals surface area contributed by atoms with Crippen LogP contribution in [0.2, 0.25) is 0 Å². The fraction of sp³-hybridized carbons (Fsp3) is 0.417. The van der Waals surface area contributed by atoms with Gasteiger partial charge in [0, 0.05) is 49.7 Å². The molecule has 8 nitrogen and oxygen atoms in total. The van der Waals surface area contributed by atoms with Gasteiger partial charge in [-0.05, 0) is 55.2 Å². The summed E-state index contributed by atoms with van der Waals surface area (Å²) < 4.78 is 11.1. The summed E-state index contributed by atoms with van der Waals surface area (Å²) in [5, 5.41) is 3.99. The zero-order valence-electron chi connectivity index (χ0n) is 18.6. The van der Waals surface area contributed by atoms with E-state index in [1.165, 1.54) is 0 Å². The number of pyridine rings is 1. The maximum atomic E-state index is 12.7. The van der Waals surface area contributed by atoms with Crippen molar-refractivity contribution in [1.82, 2.24) is 20.0 Å². The molecule has 1 atom stereocenters. The summed E-state index contributed by atoms with van der Waals surface area (Å²) in [6, 6.07) is 11.6. The van der Waals surface area contributed by atoms with E-state index in [0.29, 0.717) is 24.2 Å². The fourth-order valence-electron chi connectivity index (χ4n) is 3.67. The molecule has 1 unspecified atom stereocenters. The molecule has 2 aromatic heterocycles. The van der Waals surface area contributed by atoms with Gasteiger partial charge in [-0.15, -0.1) is 0 Å². The molecule has 1 aliphatic heterocycles. The Kier molecular flexibility index (Phi) is 6.99. The van der Waals surface area contributed by atoms with E-state index in [4.69, 9.17) is 9.26 Å². The Morgan fingerprint density at radius 3 is 2.59 bits per heavy atom. The second-order valence-corrected chi connectivity index (χ2v) is 8.05. The van der Waals surface area contributed by atoms with E-state index in [9.17, 15) is 4.79 Å². The van der Waals surface area contributed by atoms with Crippen LogP contribution in [-0.2, 0) is 6.42 Å². The zero-order valence-corrected chi connectivity index (χ0v) is 18.6. The monoisotopic (exact) mass is 435 g/mol. The number of ether oxygens (including phenoxy) is 1. The molecule has 0 bridgehead atoms. The van der Waals surface area contributed by atoms with Gasteiger partial charge in [0.1, 0.15) is 5.75 Å². The van der Waals surface area contributed by atoms with Gasteiger partial charge in [-0.2, -0.15) is 4.98 Å². The molecule has 0 N–H and O–H groups in total. The average molecular weight is 436 g/mol. The molecule has 1 saturated heterocycles. The largest absolute Gasteiger partial charge is 0.494 e. The Morgan fingerprint density at radius 1 is 1.09 bits per heavy atom. The first-order chi connectivity index (χ1) is 15.6. The lowest BCUT2D eigenvalue weighted by molar-refractivity contribution is 0.214. The number of carbonyl (C=O) groups is 1. The van der Waals surface area contributed by atoms with Gasteiger partial charge in [0.15, 0.2) is 0 Å². The molecule has 0 aliphatic carbocycles. The normalized spacial score (nSPS) is 14.8. The van der Waals surface area contributed by atoms with Crippen LogP contribution in [0.4, 0.5) is 10.5 Å². The highest BCUT2D eigenvalue weighted by molar-refractivity contribution is 5.93. The summed E-state index contributed by atoms with van der Waals surface area (Å²) in [5.74, 6) is 2.52.